The molecular formula is C18H14Cl2N2O3S. The van der Waals surface area contributed by atoms with Crippen LogP contribution in [-0.4, -0.2) is 25.1 Å². The van der Waals surface area contributed by atoms with Crippen molar-refractivity contribution in [1.29, 1.82) is 0 Å². The molecule has 1 heterocycles. The van der Waals surface area contributed by atoms with E-state index in [1.807, 2.05) is 24.5 Å². The molecule has 3 rings (SSSR count). The van der Waals surface area contributed by atoms with Crippen LogP contribution in [0.25, 0.3) is 5.69 Å². The quantitative estimate of drug-likeness (QED) is 0.693. The molecule has 5 nitrogen and oxygen atoms in total. The third-order valence-electron chi connectivity index (χ3n) is 3.70. The molecule has 0 aliphatic rings. The smallest absolute Gasteiger partial charge is 0.257 e. The number of carbonyl (C=O) groups is 1. The van der Waals surface area contributed by atoms with Crippen molar-refractivity contribution < 1.29 is 13.2 Å². The molecule has 0 spiro atoms. The Balaban J connectivity index is 2.00. The Morgan fingerprint density at radius 2 is 1.73 bits per heavy atom. The van der Waals surface area contributed by atoms with E-state index in [1.165, 1.54) is 18.2 Å². The summed E-state index contributed by atoms with van der Waals surface area (Å²) in [5.74, 6) is -0.517. The number of aromatic nitrogens is 1. The highest BCUT2D eigenvalue weighted by atomic mass is 35.5. The standard InChI is InChI=1S/C18H14Cl2N2O3S/c1-26(24,25)13-5-6-15(20)14(11-13)18(23)21-16-7-4-12(19)10-17(16)22-8-2-3-9-22/h2-11H,1H3,(H,21,23). The number of nitrogens with zero attached hydrogens (tertiary/aromatic N) is 1. The van der Waals surface area contributed by atoms with Crippen molar-refractivity contribution in [3.63, 3.8) is 0 Å². The molecule has 2 aromatic carbocycles. The van der Waals surface area contributed by atoms with Gasteiger partial charge in [-0.2, -0.15) is 0 Å². The molecule has 1 aromatic heterocycles. The van der Waals surface area contributed by atoms with Gasteiger partial charge in [0.15, 0.2) is 9.84 Å². The van der Waals surface area contributed by atoms with Gasteiger partial charge in [0.1, 0.15) is 0 Å². The minimum atomic E-state index is -3.46. The third kappa shape index (κ3) is 3.93. The number of rotatable bonds is 4. The second-order valence-corrected chi connectivity index (χ2v) is 8.48. The van der Waals surface area contributed by atoms with Crippen molar-refractivity contribution >= 4 is 44.6 Å². The minimum absolute atomic E-state index is 0.0220. The molecule has 0 aliphatic carbocycles. The zero-order valence-electron chi connectivity index (χ0n) is 13.6. The topological polar surface area (TPSA) is 68.2 Å². The summed E-state index contributed by atoms with van der Waals surface area (Å²) in [5.41, 5.74) is 1.26. The van der Waals surface area contributed by atoms with Crippen LogP contribution in [-0.2, 0) is 9.84 Å². The van der Waals surface area contributed by atoms with E-state index in [0.29, 0.717) is 16.4 Å². The molecule has 0 bridgehead atoms. The van der Waals surface area contributed by atoms with Gasteiger partial charge in [0, 0.05) is 23.7 Å². The number of anilines is 1. The number of benzene rings is 2. The zero-order chi connectivity index (χ0) is 18.9. The average molecular weight is 409 g/mol. The van der Waals surface area contributed by atoms with Crippen LogP contribution in [0.1, 0.15) is 10.4 Å². The van der Waals surface area contributed by atoms with Gasteiger partial charge in [-0.05, 0) is 48.5 Å². The molecule has 0 aliphatic heterocycles. The molecule has 0 unspecified atom stereocenters. The number of hydrogen-bond acceptors (Lipinski definition) is 3. The molecule has 0 saturated carbocycles. The minimum Gasteiger partial charge on any atom is -0.322 e. The predicted molar refractivity (Wildman–Crippen MR) is 103 cm³/mol. The van der Waals surface area contributed by atoms with Crippen molar-refractivity contribution in [1.82, 2.24) is 4.57 Å². The summed E-state index contributed by atoms with van der Waals surface area (Å²) in [4.78, 5) is 12.7. The van der Waals surface area contributed by atoms with E-state index in [4.69, 9.17) is 23.2 Å². The highest BCUT2D eigenvalue weighted by Gasteiger charge is 2.17. The van der Waals surface area contributed by atoms with Gasteiger partial charge < -0.3 is 9.88 Å². The van der Waals surface area contributed by atoms with Crippen LogP contribution in [0.3, 0.4) is 0 Å². The van der Waals surface area contributed by atoms with Crippen molar-refractivity contribution in [2.45, 2.75) is 4.90 Å². The Labute approximate surface area is 161 Å². The SMILES string of the molecule is CS(=O)(=O)c1ccc(Cl)c(C(=O)Nc2ccc(Cl)cc2-n2cccc2)c1. The highest BCUT2D eigenvalue weighted by molar-refractivity contribution is 7.90. The summed E-state index contributed by atoms with van der Waals surface area (Å²) >= 11 is 12.2. The fraction of sp³-hybridized carbons (Fsp3) is 0.0556. The van der Waals surface area contributed by atoms with Crippen LogP contribution in [0.4, 0.5) is 5.69 Å². The van der Waals surface area contributed by atoms with Crippen molar-refractivity contribution in [2.24, 2.45) is 0 Å². The van der Waals surface area contributed by atoms with Crippen LogP contribution in [0, 0.1) is 0 Å². The second-order valence-electron chi connectivity index (χ2n) is 5.62. The monoisotopic (exact) mass is 408 g/mol. The van der Waals surface area contributed by atoms with E-state index < -0.39 is 15.7 Å². The van der Waals surface area contributed by atoms with Gasteiger partial charge in [-0.1, -0.05) is 23.2 Å². The summed E-state index contributed by atoms with van der Waals surface area (Å²) in [6, 6.07) is 12.7. The fourth-order valence-corrected chi connectivity index (χ4v) is 3.43. The van der Waals surface area contributed by atoms with Crippen molar-refractivity contribution in [3.05, 3.63) is 76.5 Å². The first-order valence-corrected chi connectivity index (χ1v) is 10.1. The molecule has 8 heteroatoms. The normalized spacial score (nSPS) is 11.3. The number of hydrogen-bond donors (Lipinski definition) is 1. The summed E-state index contributed by atoms with van der Waals surface area (Å²) in [7, 11) is -3.46. The Kier molecular flexibility index (Phi) is 5.09. The molecular weight excluding hydrogens is 395 g/mol. The highest BCUT2D eigenvalue weighted by Crippen LogP contribution is 2.27. The average Bonchev–Trinajstić information content (AvgIpc) is 3.10. The van der Waals surface area contributed by atoms with Gasteiger partial charge in [0.05, 0.1) is 26.9 Å². The van der Waals surface area contributed by atoms with Gasteiger partial charge in [0.2, 0.25) is 0 Å². The Morgan fingerprint density at radius 1 is 1.04 bits per heavy atom. The van der Waals surface area contributed by atoms with Gasteiger partial charge in [-0.25, -0.2) is 8.42 Å². The largest absolute Gasteiger partial charge is 0.322 e. The zero-order valence-corrected chi connectivity index (χ0v) is 15.9. The Bertz CT molecular complexity index is 1080. The molecule has 26 heavy (non-hydrogen) atoms. The van der Waals surface area contributed by atoms with Crippen LogP contribution in [0.15, 0.2) is 65.8 Å². The molecule has 0 atom stereocenters. The Morgan fingerprint density at radius 3 is 2.38 bits per heavy atom. The maximum Gasteiger partial charge on any atom is 0.257 e. The number of nitrogens with one attached hydrogen (secondary N) is 1. The lowest BCUT2D eigenvalue weighted by atomic mass is 10.2. The lowest BCUT2D eigenvalue weighted by molar-refractivity contribution is 0.102. The maximum absolute atomic E-state index is 12.7. The predicted octanol–water partition coefficient (Wildman–Crippen LogP) is 4.44. The Hall–Kier alpha value is -2.28. The van der Waals surface area contributed by atoms with Gasteiger partial charge in [0.25, 0.3) is 5.91 Å². The van der Waals surface area contributed by atoms with Crippen molar-refractivity contribution in [3.8, 4) is 5.69 Å². The first kappa shape index (κ1) is 18.5. The fourth-order valence-electron chi connectivity index (χ4n) is 2.42. The van der Waals surface area contributed by atoms with E-state index in [2.05, 4.69) is 5.32 Å². The molecule has 1 amide bonds. The van der Waals surface area contributed by atoms with Gasteiger partial charge in [-0.15, -0.1) is 0 Å². The first-order valence-electron chi connectivity index (χ1n) is 7.49. The van der Waals surface area contributed by atoms with Crippen molar-refractivity contribution in [2.75, 3.05) is 11.6 Å². The molecule has 3 aromatic rings. The lowest BCUT2D eigenvalue weighted by Crippen LogP contribution is -2.15. The third-order valence-corrected chi connectivity index (χ3v) is 5.38. The van der Waals surface area contributed by atoms with Gasteiger partial charge in [-0.3, -0.25) is 4.79 Å². The van der Waals surface area contributed by atoms with Crippen LogP contribution < -0.4 is 5.32 Å². The molecule has 0 radical (unpaired) electrons. The number of sulfone groups is 1. The second kappa shape index (κ2) is 7.15. The van der Waals surface area contributed by atoms with E-state index >= 15 is 0 Å². The van der Waals surface area contributed by atoms with Crippen LogP contribution in [0.5, 0.6) is 0 Å². The van der Waals surface area contributed by atoms with Crippen LogP contribution in [0.2, 0.25) is 10.0 Å². The van der Waals surface area contributed by atoms with E-state index in [0.717, 1.165) is 6.26 Å². The lowest BCUT2D eigenvalue weighted by Gasteiger charge is -2.13. The summed E-state index contributed by atoms with van der Waals surface area (Å²) in [5, 5.41) is 3.44. The first-order chi connectivity index (χ1) is 12.3. The molecule has 1 N–H and O–H groups in total. The van der Waals surface area contributed by atoms with E-state index in [1.54, 1.807) is 22.8 Å². The van der Waals surface area contributed by atoms with E-state index in [9.17, 15) is 13.2 Å². The summed E-state index contributed by atoms with van der Waals surface area (Å²) < 4.78 is 25.3. The van der Waals surface area contributed by atoms with Gasteiger partial charge >= 0.3 is 0 Å². The number of halogens is 2. The maximum atomic E-state index is 12.7. The molecule has 0 saturated heterocycles. The number of amides is 1. The molecule has 0 fully saturated rings. The van der Waals surface area contributed by atoms with Crippen LogP contribution >= 0.6 is 23.2 Å². The number of carbonyl (C=O) groups excluding carboxylic acids is 1. The summed E-state index contributed by atoms with van der Waals surface area (Å²) in [6.45, 7) is 0. The summed E-state index contributed by atoms with van der Waals surface area (Å²) in [6.07, 6.45) is 4.71. The molecule has 134 valence electrons. The van der Waals surface area contributed by atoms with E-state index in [-0.39, 0.29) is 15.5 Å².